The minimum atomic E-state index is 0.322. The van der Waals surface area contributed by atoms with E-state index in [9.17, 15) is 0 Å². The van der Waals surface area contributed by atoms with E-state index in [0.717, 1.165) is 18.4 Å². The predicted molar refractivity (Wildman–Crippen MR) is 70.3 cm³/mol. The largest absolute Gasteiger partial charge is 0.376 e. The van der Waals surface area contributed by atoms with Crippen LogP contribution in [-0.4, -0.2) is 18.8 Å². The Labute approximate surface area is 105 Å². The van der Waals surface area contributed by atoms with Crippen LogP contribution in [0.4, 0.5) is 0 Å². The molecule has 3 nitrogen and oxygen atoms in total. The van der Waals surface area contributed by atoms with Crippen molar-refractivity contribution in [3.8, 4) is 0 Å². The lowest BCUT2D eigenvalue weighted by molar-refractivity contribution is 0.0229. The molecule has 0 radical (unpaired) electrons. The molecule has 1 aliphatic heterocycles. The van der Waals surface area contributed by atoms with Gasteiger partial charge in [-0.3, -0.25) is 11.3 Å². The molecule has 3 N–H and O–H groups in total. The minimum absolute atomic E-state index is 0.322. The maximum absolute atomic E-state index is 5.90. The Balaban J connectivity index is 2.01. The van der Waals surface area contributed by atoms with Crippen LogP contribution in [0.15, 0.2) is 0 Å². The van der Waals surface area contributed by atoms with Crippen molar-refractivity contribution in [2.75, 3.05) is 6.61 Å². The van der Waals surface area contributed by atoms with Gasteiger partial charge in [-0.15, -0.1) is 0 Å². The van der Waals surface area contributed by atoms with Gasteiger partial charge in [0, 0.05) is 6.61 Å². The van der Waals surface area contributed by atoms with Gasteiger partial charge >= 0.3 is 0 Å². The van der Waals surface area contributed by atoms with E-state index in [0.29, 0.717) is 24.0 Å². The van der Waals surface area contributed by atoms with Crippen LogP contribution in [0.2, 0.25) is 0 Å². The van der Waals surface area contributed by atoms with Crippen LogP contribution in [0.5, 0.6) is 0 Å². The molecule has 0 spiro atoms. The van der Waals surface area contributed by atoms with Crippen LogP contribution in [0.3, 0.4) is 0 Å². The molecule has 0 bridgehead atoms. The number of nitrogens with two attached hydrogens (primary N) is 1. The van der Waals surface area contributed by atoms with Gasteiger partial charge in [0.15, 0.2) is 0 Å². The lowest BCUT2D eigenvalue weighted by Crippen LogP contribution is -2.52. The van der Waals surface area contributed by atoms with Crippen LogP contribution in [0.25, 0.3) is 0 Å². The normalized spacial score (nSPS) is 44.8. The Kier molecular flexibility index (Phi) is 4.45. The lowest BCUT2D eigenvalue weighted by atomic mass is 9.72. The van der Waals surface area contributed by atoms with Gasteiger partial charge in [-0.1, -0.05) is 20.8 Å². The summed E-state index contributed by atoms with van der Waals surface area (Å²) in [5.74, 6) is 8.79. The second-order valence-electron chi connectivity index (χ2n) is 6.47. The molecule has 1 saturated carbocycles. The van der Waals surface area contributed by atoms with E-state index < -0.39 is 0 Å². The molecule has 2 fully saturated rings. The Morgan fingerprint density at radius 3 is 2.24 bits per heavy atom. The van der Waals surface area contributed by atoms with Crippen molar-refractivity contribution in [2.45, 2.75) is 58.6 Å². The third kappa shape index (κ3) is 3.01. The molecule has 0 aromatic rings. The molecule has 0 aromatic carbocycles. The highest BCUT2D eigenvalue weighted by Gasteiger charge is 2.38. The highest BCUT2D eigenvalue weighted by Crippen LogP contribution is 2.38. The van der Waals surface area contributed by atoms with Crippen molar-refractivity contribution >= 4 is 0 Å². The smallest absolute Gasteiger partial charge is 0.0770 e. The van der Waals surface area contributed by atoms with Gasteiger partial charge in [0.25, 0.3) is 0 Å². The number of hydrazine groups is 1. The van der Waals surface area contributed by atoms with Crippen LogP contribution in [0.1, 0.15) is 46.5 Å². The van der Waals surface area contributed by atoms with Gasteiger partial charge in [-0.25, -0.2) is 0 Å². The summed E-state index contributed by atoms with van der Waals surface area (Å²) < 4.78 is 5.90. The Bertz CT molecular complexity index is 236. The van der Waals surface area contributed by atoms with Crippen molar-refractivity contribution < 1.29 is 4.74 Å². The van der Waals surface area contributed by atoms with Gasteiger partial charge in [0.05, 0.1) is 12.1 Å². The average Bonchev–Trinajstić information content (AvgIpc) is 2.65. The molecule has 2 aliphatic rings. The summed E-state index contributed by atoms with van der Waals surface area (Å²) in [5.41, 5.74) is 3.06. The molecule has 17 heavy (non-hydrogen) atoms. The third-order valence-electron chi connectivity index (χ3n) is 4.71. The zero-order valence-electron chi connectivity index (χ0n) is 11.5. The fourth-order valence-corrected chi connectivity index (χ4v) is 3.98. The molecule has 100 valence electrons. The average molecular weight is 240 g/mol. The first-order chi connectivity index (χ1) is 8.11. The van der Waals surface area contributed by atoms with Gasteiger partial charge in [-0.2, -0.15) is 0 Å². The predicted octanol–water partition coefficient (Wildman–Crippen LogP) is 2.32. The molecule has 5 atom stereocenters. The SMILES string of the molecule is CC1CC(C)CC(C(NN)C2OCCC2C)C1. The summed E-state index contributed by atoms with van der Waals surface area (Å²) in [6.45, 7) is 7.93. The molecular weight excluding hydrogens is 212 g/mol. The molecule has 0 amide bonds. The Morgan fingerprint density at radius 1 is 1.12 bits per heavy atom. The van der Waals surface area contributed by atoms with E-state index in [1.165, 1.54) is 25.7 Å². The highest BCUT2D eigenvalue weighted by atomic mass is 16.5. The topological polar surface area (TPSA) is 47.3 Å². The maximum Gasteiger partial charge on any atom is 0.0770 e. The summed E-state index contributed by atoms with van der Waals surface area (Å²) in [4.78, 5) is 0. The Morgan fingerprint density at radius 2 is 1.76 bits per heavy atom. The first kappa shape index (κ1) is 13.3. The molecular formula is C14H28N2O. The number of hydrogen-bond donors (Lipinski definition) is 2. The van der Waals surface area contributed by atoms with Gasteiger partial charge in [-0.05, 0) is 49.4 Å². The summed E-state index contributed by atoms with van der Waals surface area (Å²) in [6, 6.07) is 0.345. The van der Waals surface area contributed by atoms with Crippen molar-refractivity contribution in [3.63, 3.8) is 0 Å². The van der Waals surface area contributed by atoms with E-state index >= 15 is 0 Å². The third-order valence-corrected chi connectivity index (χ3v) is 4.71. The number of hydrogen-bond acceptors (Lipinski definition) is 3. The Hall–Kier alpha value is -0.120. The summed E-state index contributed by atoms with van der Waals surface area (Å²) >= 11 is 0. The minimum Gasteiger partial charge on any atom is -0.376 e. The fraction of sp³-hybridized carbons (Fsp3) is 1.00. The second-order valence-corrected chi connectivity index (χ2v) is 6.47. The zero-order valence-corrected chi connectivity index (χ0v) is 11.5. The van der Waals surface area contributed by atoms with E-state index in [1.54, 1.807) is 0 Å². The van der Waals surface area contributed by atoms with Gasteiger partial charge < -0.3 is 4.74 Å². The molecule has 0 aromatic heterocycles. The van der Waals surface area contributed by atoms with Crippen LogP contribution >= 0.6 is 0 Å². The number of rotatable bonds is 3. The monoisotopic (exact) mass is 240 g/mol. The standard InChI is InChI=1S/C14H28N2O/c1-9-6-10(2)8-12(7-9)13(16-15)14-11(3)4-5-17-14/h9-14,16H,4-8,15H2,1-3H3. The zero-order chi connectivity index (χ0) is 12.4. The lowest BCUT2D eigenvalue weighted by Gasteiger charge is -2.39. The quantitative estimate of drug-likeness (QED) is 0.588. The highest BCUT2D eigenvalue weighted by molar-refractivity contribution is 4.91. The van der Waals surface area contributed by atoms with E-state index in [4.69, 9.17) is 10.6 Å². The van der Waals surface area contributed by atoms with Crippen LogP contribution < -0.4 is 11.3 Å². The molecule has 1 heterocycles. The van der Waals surface area contributed by atoms with E-state index in [2.05, 4.69) is 26.2 Å². The van der Waals surface area contributed by atoms with Crippen LogP contribution in [0, 0.1) is 23.7 Å². The van der Waals surface area contributed by atoms with Gasteiger partial charge in [0.2, 0.25) is 0 Å². The maximum atomic E-state index is 5.90. The summed E-state index contributed by atoms with van der Waals surface area (Å²) in [5, 5.41) is 0. The summed E-state index contributed by atoms with van der Waals surface area (Å²) in [7, 11) is 0. The first-order valence-corrected chi connectivity index (χ1v) is 7.19. The van der Waals surface area contributed by atoms with Crippen molar-refractivity contribution in [2.24, 2.45) is 29.5 Å². The molecule has 2 rings (SSSR count). The van der Waals surface area contributed by atoms with Crippen molar-refractivity contribution in [1.82, 2.24) is 5.43 Å². The van der Waals surface area contributed by atoms with Crippen LogP contribution in [-0.2, 0) is 4.74 Å². The molecule has 5 unspecified atom stereocenters. The van der Waals surface area contributed by atoms with E-state index in [-0.39, 0.29) is 0 Å². The molecule has 3 heteroatoms. The number of nitrogens with one attached hydrogen (secondary N) is 1. The fourth-order valence-electron chi connectivity index (χ4n) is 3.98. The van der Waals surface area contributed by atoms with Crippen molar-refractivity contribution in [1.29, 1.82) is 0 Å². The van der Waals surface area contributed by atoms with Gasteiger partial charge in [0.1, 0.15) is 0 Å². The second kappa shape index (κ2) is 5.68. The number of ether oxygens (including phenoxy) is 1. The molecule has 1 aliphatic carbocycles. The van der Waals surface area contributed by atoms with E-state index in [1.807, 2.05) is 0 Å². The summed E-state index contributed by atoms with van der Waals surface area (Å²) in [6.07, 6.45) is 5.47. The molecule has 1 saturated heterocycles. The van der Waals surface area contributed by atoms with Crippen molar-refractivity contribution in [3.05, 3.63) is 0 Å². The first-order valence-electron chi connectivity index (χ1n) is 7.19.